The summed E-state index contributed by atoms with van der Waals surface area (Å²) in [7, 11) is 0. The minimum absolute atomic E-state index is 0.902. The highest BCUT2D eigenvalue weighted by Gasteiger charge is 2.21. The van der Waals surface area contributed by atoms with Crippen molar-refractivity contribution in [2.45, 2.75) is 57.9 Å². The average molecular weight is 354 g/mol. The maximum Gasteiger partial charge on any atom is 0.138 e. The standard InChI is InChI=1S/C18H22N6S/c1-2-10-24-14(7-1)22-23-15(24)8-4-9-19-17-16-12-5-3-6-13(12)25-18(16)21-11-20-17/h11H,1-10H2,(H,19,20,21). The topological polar surface area (TPSA) is 68.5 Å². The molecule has 0 saturated carbocycles. The van der Waals surface area contributed by atoms with Crippen LogP contribution in [0.2, 0.25) is 0 Å². The predicted molar refractivity (Wildman–Crippen MR) is 99.2 cm³/mol. The van der Waals surface area contributed by atoms with Crippen LogP contribution in [0.15, 0.2) is 6.33 Å². The highest BCUT2D eigenvalue weighted by molar-refractivity contribution is 7.19. The Morgan fingerprint density at radius 1 is 1.08 bits per heavy atom. The van der Waals surface area contributed by atoms with E-state index in [9.17, 15) is 0 Å². The molecule has 0 fully saturated rings. The second kappa shape index (κ2) is 6.37. The summed E-state index contributed by atoms with van der Waals surface area (Å²) in [4.78, 5) is 11.6. The Labute approximate surface area is 150 Å². The summed E-state index contributed by atoms with van der Waals surface area (Å²) >= 11 is 1.84. The van der Waals surface area contributed by atoms with Crippen LogP contribution in [0, 0.1) is 0 Å². The third kappa shape index (κ3) is 2.70. The van der Waals surface area contributed by atoms with Crippen LogP contribution in [0.4, 0.5) is 5.82 Å². The summed E-state index contributed by atoms with van der Waals surface area (Å²) < 4.78 is 2.32. The molecule has 130 valence electrons. The maximum atomic E-state index is 4.51. The van der Waals surface area contributed by atoms with Crippen molar-refractivity contribution in [1.29, 1.82) is 0 Å². The maximum absolute atomic E-state index is 4.51. The van der Waals surface area contributed by atoms with Crippen LogP contribution < -0.4 is 5.32 Å². The lowest BCUT2D eigenvalue weighted by atomic mass is 10.1. The van der Waals surface area contributed by atoms with Crippen LogP contribution in [0.25, 0.3) is 10.2 Å². The zero-order valence-electron chi connectivity index (χ0n) is 14.3. The van der Waals surface area contributed by atoms with E-state index in [1.54, 1.807) is 6.33 Å². The van der Waals surface area contributed by atoms with Crippen LogP contribution in [-0.2, 0) is 32.2 Å². The number of fused-ring (bicyclic) bond motifs is 4. The summed E-state index contributed by atoms with van der Waals surface area (Å²) in [6.07, 6.45) is 10.9. The molecule has 0 radical (unpaired) electrons. The third-order valence-corrected chi connectivity index (χ3v) is 6.51. The van der Waals surface area contributed by atoms with Crippen molar-refractivity contribution in [3.05, 3.63) is 28.4 Å². The molecule has 3 aromatic rings. The molecule has 7 heteroatoms. The molecule has 1 aliphatic heterocycles. The van der Waals surface area contributed by atoms with Crippen LogP contribution in [0.3, 0.4) is 0 Å². The number of hydrogen-bond acceptors (Lipinski definition) is 6. The number of hydrogen-bond donors (Lipinski definition) is 1. The van der Waals surface area contributed by atoms with Gasteiger partial charge in [-0.25, -0.2) is 9.97 Å². The summed E-state index contributed by atoms with van der Waals surface area (Å²) in [5.41, 5.74) is 1.48. The molecule has 1 N–H and O–H groups in total. The summed E-state index contributed by atoms with van der Waals surface area (Å²) in [5.74, 6) is 3.31. The Morgan fingerprint density at radius 2 is 2.08 bits per heavy atom. The highest BCUT2D eigenvalue weighted by atomic mass is 32.1. The largest absolute Gasteiger partial charge is 0.369 e. The molecule has 0 saturated heterocycles. The Kier molecular flexibility index (Phi) is 3.88. The lowest BCUT2D eigenvalue weighted by Gasteiger charge is -2.14. The molecule has 0 atom stereocenters. The van der Waals surface area contributed by atoms with Crippen LogP contribution in [0.1, 0.15) is 47.8 Å². The van der Waals surface area contributed by atoms with E-state index in [1.165, 1.54) is 53.8 Å². The van der Waals surface area contributed by atoms with Crippen molar-refractivity contribution in [2.75, 3.05) is 11.9 Å². The van der Waals surface area contributed by atoms with Crippen molar-refractivity contribution in [1.82, 2.24) is 24.7 Å². The number of aryl methyl sites for hydroxylation is 4. The summed E-state index contributed by atoms with van der Waals surface area (Å²) in [6.45, 7) is 1.98. The molecular formula is C18H22N6S. The molecule has 1 aliphatic carbocycles. The van der Waals surface area contributed by atoms with E-state index in [4.69, 9.17) is 0 Å². The normalized spacial score (nSPS) is 16.2. The lowest BCUT2D eigenvalue weighted by molar-refractivity contribution is 0.505. The van der Waals surface area contributed by atoms with Crippen molar-refractivity contribution in [3.8, 4) is 0 Å². The zero-order chi connectivity index (χ0) is 16.6. The molecule has 0 unspecified atom stereocenters. The van der Waals surface area contributed by atoms with Gasteiger partial charge in [-0.05, 0) is 44.1 Å². The highest BCUT2D eigenvalue weighted by Crippen LogP contribution is 2.38. The minimum Gasteiger partial charge on any atom is -0.369 e. The fourth-order valence-electron chi connectivity index (χ4n) is 4.07. The SMILES string of the molecule is c1nc(NCCCc2nnc3n2CCCC3)c2c3c(sc2n1)CCC3. The van der Waals surface area contributed by atoms with Crippen molar-refractivity contribution < 1.29 is 0 Å². The van der Waals surface area contributed by atoms with Gasteiger partial charge in [-0.3, -0.25) is 0 Å². The van der Waals surface area contributed by atoms with Crippen LogP contribution >= 0.6 is 11.3 Å². The van der Waals surface area contributed by atoms with E-state index in [0.717, 1.165) is 48.8 Å². The van der Waals surface area contributed by atoms with Gasteiger partial charge in [-0.1, -0.05) is 0 Å². The molecule has 0 aromatic carbocycles. The molecule has 5 rings (SSSR count). The number of nitrogens with one attached hydrogen (secondary N) is 1. The first kappa shape index (κ1) is 15.3. The van der Waals surface area contributed by atoms with Gasteiger partial charge in [0, 0.05) is 30.8 Å². The predicted octanol–water partition coefficient (Wildman–Crippen LogP) is 3.15. The van der Waals surface area contributed by atoms with Crippen molar-refractivity contribution in [3.63, 3.8) is 0 Å². The smallest absolute Gasteiger partial charge is 0.138 e. The fourth-order valence-corrected chi connectivity index (χ4v) is 5.30. The second-order valence-corrected chi connectivity index (χ2v) is 8.01. The molecule has 0 bridgehead atoms. The summed E-state index contributed by atoms with van der Waals surface area (Å²) in [6, 6.07) is 0. The molecule has 0 amide bonds. The minimum atomic E-state index is 0.902. The molecule has 2 aliphatic rings. The third-order valence-electron chi connectivity index (χ3n) is 5.31. The van der Waals surface area contributed by atoms with Gasteiger partial charge in [0.1, 0.15) is 28.6 Å². The molecule has 0 spiro atoms. The number of aromatic nitrogens is 5. The van der Waals surface area contributed by atoms with Gasteiger partial charge < -0.3 is 9.88 Å². The second-order valence-electron chi connectivity index (χ2n) is 6.93. The van der Waals surface area contributed by atoms with Gasteiger partial charge in [0.05, 0.1) is 5.39 Å². The molecule has 4 heterocycles. The van der Waals surface area contributed by atoms with Crippen LogP contribution in [0.5, 0.6) is 0 Å². The molecule has 6 nitrogen and oxygen atoms in total. The first-order valence-electron chi connectivity index (χ1n) is 9.30. The molecule has 3 aromatic heterocycles. The number of rotatable bonds is 5. The van der Waals surface area contributed by atoms with Gasteiger partial charge in [0.25, 0.3) is 0 Å². The van der Waals surface area contributed by atoms with Gasteiger partial charge in [0.2, 0.25) is 0 Å². The fraction of sp³-hybridized carbons (Fsp3) is 0.556. The Morgan fingerprint density at radius 3 is 3.08 bits per heavy atom. The Bertz CT molecular complexity index is 912. The van der Waals surface area contributed by atoms with E-state index < -0.39 is 0 Å². The van der Waals surface area contributed by atoms with Gasteiger partial charge in [-0.2, -0.15) is 0 Å². The first-order valence-corrected chi connectivity index (χ1v) is 10.1. The average Bonchev–Trinajstić information content (AvgIpc) is 3.33. The monoisotopic (exact) mass is 354 g/mol. The Balaban J connectivity index is 1.26. The number of nitrogens with zero attached hydrogens (tertiary/aromatic N) is 5. The van der Waals surface area contributed by atoms with Gasteiger partial charge >= 0.3 is 0 Å². The van der Waals surface area contributed by atoms with Gasteiger partial charge in [-0.15, -0.1) is 21.5 Å². The van der Waals surface area contributed by atoms with E-state index in [1.807, 2.05) is 11.3 Å². The van der Waals surface area contributed by atoms with Gasteiger partial charge in [0.15, 0.2) is 0 Å². The van der Waals surface area contributed by atoms with Crippen LogP contribution in [-0.4, -0.2) is 31.3 Å². The number of thiophene rings is 1. The zero-order valence-corrected chi connectivity index (χ0v) is 15.1. The first-order chi connectivity index (χ1) is 12.4. The van der Waals surface area contributed by atoms with E-state index in [0.29, 0.717) is 0 Å². The van der Waals surface area contributed by atoms with E-state index >= 15 is 0 Å². The van der Waals surface area contributed by atoms with E-state index in [-0.39, 0.29) is 0 Å². The van der Waals surface area contributed by atoms with E-state index in [2.05, 4.69) is 30.0 Å². The quantitative estimate of drug-likeness (QED) is 0.713. The molecular weight excluding hydrogens is 332 g/mol. The Hall–Kier alpha value is -2.02. The number of anilines is 1. The van der Waals surface area contributed by atoms with Crippen molar-refractivity contribution in [2.24, 2.45) is 0 Å². The molecule has 25 heavy (non-hydrogen) atoms. The van der Waals surface area contributed by atoms with Crippen molar-refractivity contribution >= 4 is 27.4 Å². The summed E-state index contributed by atoms with van der Waals surface area (Å²) in [5, 5.41) is 13.5. The lowest BCUT2D eigenvalue weighted by Crippen LogP contribution is -2.14.